The number of nitrogens with zero attached hydrogens (tertiary/aromatic N) is 3. The van der Waals surface area contributed by atoms with Gasteiger partial charge in [-0.2, -0.15) is 0 Å². The quantitative estimate of drug-likeness (QED) is 0.550. The van der Waals surface area contributed by atoms with Crippen LogP contribution >= 0.6 is 0 Å². The molecule has 1 aromatic carbocycles. The standard InChI is InChI=1S/C15H15N5O/c16-11-3-1-2-4-13(11)21-10-9-18-14-6-5-12-15(20-14)19-8-7-17-12/h1-8H,9-10,16H2,(H,18,19,20). The summed E-state index contributed by atoms with van der Waals surface area (Å²) >= 11 is 0. The molecule has 0 saturated heterocycles. The van der Waals surface area contributed by atoms with Crippen LogP contribution < -0.4 is 15.8 Å². The highest BCUT2D eigenvalue weighted by Crippen LogP contribution is 2.19. The third-order valence-corrected chi connectivity index (χ3v) is 2.92. The Kier molecular flexibility index (Phi) is 3.77. The Labute approximate surface area is 122 Å². The third-order valence-electron chi connectivity index (χ3n) is 2.92. The van der Waals surface area contributed by atoms with Crippen molar-refractivity contribution in [1.82, 2.24) is 15.0 Å². The van der Waals surface area contributed by atoms with Crippen molar-refractivity contribution < 1.29 is 4.74 Å². The van der Waals surface area contributed by atoms with Crippen LogP contribution in [0.3, 0.4) is 0 Å². The molecular formula is C15H15N5O. The number of benzene rings is 1. The second-order valence-electron chi connectivity index (χ2n) is 4.41. The molecule has 0 fully saturated rings. The van der Waals surface area contributed by atoms with E-state index in [-0.39, 0.29) is 0 Å². The number of hydrogen-bond acceptors (Lipinski definition) is 6. The largest absolute Gasteiger partial charge is 0.490 e. The Morgan fingerprint density at radius 1 is 1.05 bits per heavy atom. The van der Waals surface area contributed by atoms with E-state index in [1.54, 1.807) is 12.4 Å². The average Bonchev–Trinajstić information content (AvgIpc) is 2.53. The molecule has 3 rings (SSSR count). The number of aromatic nitrogens is 3. The van der Waals surface area contributed by atoms with Gasteiger partial charge in [0.25, 0.3) is 0 Å². The van der Waals surface area contributed by atoms with Crippen LogP contribution in [-0.2, 0) is 0 Å². The summed E-state index contributed by atoms with van der Waals surface area (Å²) in [6.45, 7) is 1.11. The van der Waals surface area contributed by atoms with Gasteiger partial charge in [-0.15, -0.1) is 0 Å². The number of nitrogens with two attached hydrogens (primary N) is 1. The van der Waals surface area contributed by atoms with Crippen molar-refractivity contribution in [3.8, 4) is 5.75 Å². The number of fused-ring (bicyclic) bond motifs is 1. The number of rotatable bonds is 5. The molecule has 106 valence electrons. The SMILES string of the molecule is Nc1ccccc1OCCNc1ccc2nccnc2n1. The molecule has 0 aliphatic heterocycles. The lowest BCUT2D eigenvalue weighted by Crippen LogP contribution is -2.13. The number of pyridine rings is 1. The van der Waals surface area contributed by atoms with E-state index >= 15 is 0 Å². The van der Waals surface area contributed by atoms with Gasteiger partial charge in [-0.25, -0.2) is 9.97 Å². The van der Waals surface area contributed by atoms with E-state index in [1.807, 2.05) is 36.4 Å². The van der Waals surface area contributed by atoms with Crippen molar-refractivity contribution in [2.45, 2.75) is 0 Å². The van der Waals surface area contributed by atoms with Gasteiger partial charge in [0.2, 0.25) is 0 Å². The van der Waals surface area contributed by atoms with E-state index in [2.05, 4.69) is 20.3 Å². The van der Waals surface area contributed by atoms with E-state index in [9.17, 15) is 0 Å². The maximum atomic E-state index is 5.80. The molecule has 0 unspecified atom stereocenters. The van der Waals surface area contributed by atoms with E-state index in [4.69, 9.17) is 10.5 Å². The summed E-state index contributed by atoms with van der Waals surface area (Å²) in [5.41, 5.74) is 7.83. The Hall–Kier alpha value is -2.89. The molecule has 3 N–H and O–H groups in total. The van der Waals surface area contributed by atoms with Crippen molar-refractivity contribution >= 4 is 22.7 Å². The smallest absolute Gasteiger partial charge is 0.180 e. The van der Waals surface area contributed by atoms with E-state index < -0.39 is 0 Å². The summed E-state index contributed by atoms with van der Waals surface area (Å²) in [6, 6.07) is 11.2. The molecule has 2 aromatic heterocycles. The summed E-state index contributed by atoms with van der Waals surface area (Å²) in [4.78, 5) is 12.7. The molecule has 0 atom stereocenters. The molecule has 21 heavy (non-hydrogen) atoms. The highest BCUT2D eigenvalue weighted by Gasteiger charge is 2.00. The summed E-state index contributed by atoms with van der Waals surface area (Å²) < 4.78 is 5.60. The van der Waals surface area contributed by atoms with E-state index in [1.165, 1.54) is 0 Å². The van der Waals surface area contributed by atoms with Gasteiger partial charge >= 0.3 is 0 Å². The first-order valence-electron chi connectivity index (χ1n) is 6.62. The Morgan fingerprint density at radius 2 is 1.90 bits per heavy atom. The van der Waals surface area contributed by atoms with Crippen LogP contribution in [0.2, 0.25) is 0 Å². The van der Waals surface area contributed by atoms with Gasteiger partial charge in [-0.3, -0.25) is 4.98 Å². The minimum atomic E-state index is 0.494. The van der Waals surface area contributed by atoms with Crippen molar-refractivity contribution in [2.75, 3.05) is 24.2 Å². The molecule has 0 bridgehead atoms. The average molecular weight is 281 g/mol. The summed E-state index contributed by atoms with van der Waals surface area (Å²) in [7, 11) is 0. The molecule has 0 radical (unpaired) electrons. The van der Waals surface area contributed by atoms with E-state index in [0.29, 0.717) is 30.2 Å². The normalized spacial score (nSPS) is 10.5. The number of anilines is 2. The van der Waals surface area contributed by atoms with Gasteiger partial charge in [-0.1, -0.05) is 12.1 Å². The molecule has 0 spiro atoms. The number of ether oxygens (including phenoxy) is 1. The molecule has 0 aliphatic carbocycles. The third kappa shape index (κ3) is 3.17. The van der Waals surface area contributed by atoms with Crippen LogP contribution in [0.1, 0.15) is 0 Å². The Bertz CT molecular complexity index is 747. The maximum Gasteiger partial charge on any atom is 0.180 e. The first kappa shape index (κ1) is 13.1. The number of hydrogen-bond donors (Lipinski definition) is 2. The predicted molar refractivity (Wildman–Crippen MR) is 82.2 cm³/mol. The van der Waals surface area contributed by atoms with Gasteiger partial charge in [0, 0.05) is 12.4 Å². The Morgan fingerprint density at radius 3 is 2.81 bits per heavy atom. The van der Waals surface area contributed by atoms with Gasteiger partial charge < -0.3 is 15.8 Å². The van der Waals surface area contributed by atoms with E-state index in [0.717, 1.165) is 11.3 Å². The lowest BCUT2D eigenvalue weighted by molar-refractivity contribution is 0.334. The fourth-order valence-electron chi connectivity index (χ4n) is 1.90. The Balaban J connectivity index is 1.56. The molecule has 0 aliphatic rings. The summed E-state index contributed by atoms with van der Waals surface area (Å²) in [5, 5.41) is 3.18. The summed E-state index contributed by atoms with van der Waals surface area (Å²) in [5.74, 6) is 1.43. The maximum absolute atomic E-state index is 5.80. The van der Waals surface area contributed by atoms with Crippen molar-refractivity contribution in [1.29, 1.82) is 0 Å². The van der Waals surface area contributed by atoms with Crippen LogP contribution in [0, 0.1) is 0 Å². The molecule has 0 saturated carbocycles. The zero-order chi connectivity index (χ0) is 14.5. The van der Waals surface area contributed by atoms with Crippen molar-refractivity contribution in [2.24, 2.45) is 0 Å². The molecular weight excluding hydrogens is 266 g/mol. The molecule has 3 aromatic rings. The highest BCUT2D eigenvalue weighted by molar-refractivity contribution is 5.71. The monoisotopic (exact) mass is 281 g/mol. The molecule has 6 nitrogen and oxygen atoms in total. The number of para-hydroxylation sites is 2. The number of nitrogen functional groups attached to an aromatic ring is 1. The molecule has 0 amide bonds. The van der Waals surface area contributed by atoms with Crippen LogP contribution in [-0.4, -0.2) is 28.1 Å². The van der Waals surface area contributed by atoms with Crippen LogP contribution in [0.4, 0.5) is 11.5 Å². The fourth-order valence-corrected chi connectivity index (χ4v) is 1.90. The first-order valence-corrected chi connectivity index (χ1v) is 6.62. The van der Waals surface area contributed by atoms with Gasteiger partial charge in [0.1, 0.15) is 23.7 Å². The predicted octanol–water partition coefficient (Wildman–Crippen LogP) is 2.10. The highest BCUT2D eigenvalue weighted by atomic mass is 16.5. The van der Waals surface area contributed by atoms with Crippen LogP contribution in [0.15, 0.2) is 48.8 Å². The van der Waals surface area contributed by atoms with Gasteiger partial charge in [-0.05, 0) is 24.3 Å². The van der Waals surface area contributed by atoms with Gasteiger partial charge in [0.05, 0.1) is 12.2 Å². The first-order chi connectivity index (χ1) is 10.3. The molecule has 2 heterocycles. The summed E-state index contributed by atoms with van der Waals surface area (Å²) in [6.07, 6.45) is 3.27. The minimum absolute atomic E-state index is 0.494. The molecule has 6 heteroatoms. The zero-order valence-corrected chi connectivity index (χ0v) is 11.4. The second-order valence-corrected chi connectivity index (χ2v) is 4.41. The van der Waals surface area contributed by atoms with Crippen LogP contribution in [0.25, 0.3) is 11.2 Å². The van der Waals surface area contributed by atoms with Crippen molar-refractivity contribution in [3.05, 3.63) is 48.8 Å². The topological polar surface area (TPSA) is 86.0 Å². The second kappa shape index (κ2) is 6.04. The van der Waals surface area contributed by atoms with Crippen molar-refractivity contribution in [3.63, 3.8) is 0 Å². The lowest BCUT2D eigenvalue weighted by atomic mass is 10.3. The number of nitrogens with one attached hydrogen (secondary N) is 1. The lowest BCUT2D eigenvalue weighted by Gasteiger charge is -2.09. The minimum Gasteiger partial charge on any atom is -0.490 e. The zero-order valence-electron chi connectivity index (χ0n) is 11.4. The fraction of sp³-hybridized carbons (Fsp3) is 0.133. The van der Waals surface area contributed by atoms with Gasteiger partial charge in [0.15, 0.2) is 5.65 Å². The van der Waals surface area contributed by atoms with Crippen LogP contribution in [0.5, 0.6) is 5.75 Å².